The molecule has 0 atom stereocenters. The van der Waals surface area contributed by atoms with Crippen LogP contribution in [0, 0.1) is 0 Å². The summed E-state index contributed by atoms with van der Waals surface area (Å²) in [5, 5.41) is 0.377. The first-order valence-electron chi connectivity index (χ1n) is 8.59. The molecule has 0 bridgehead atoms. The Kier molecular flexibility index (Phi) is 5.83. The number of halogens is 1. The smallest absolute Gasteiger partial charge is 0.254 e. The fraction of sp³-hybridized carbons (Fsp3) is 0.368. The summed E-state index contributed by atoms with van der Waals surface area (Å²) >= 11 is 6.29. The average molecular weight is 376 g/mol. The lowest BCUT2D eigenvalue weighted by atomic mass is 10.1. The van der Waals surface area contributed by atoms with Gasteiger partial charge in [0.05, 0.1) is 18.7 Å². The topological polar surface area (TPSA) is 54.9 Å². The van der Waals surface area contributed by atoms with Crippen LogP contribution >= 0.6 is 11.6 Å². The first kappa shape index (κ1) is 18.3. The molecule has 1 aromatic carbocycles. The summed E-state index contributed by atoms with van der Waals surface area (Å²) in [7, 11) is 1.54. The second-order valence-electron chi connectivity index (χ2n) is 5.89. The SMILES string of the molecule is CCOc1c(Cl)cc(C(=O)N2CCN(c3ccccn3)CC2)cc1OC. The predicted octanol–water partition coefficient (Wildman–Crippen LogP) is 3.10. The molecule has 3 rings (SSSR count). The number of methoxy groups -OCH3 is 1. The number of carbonyl (C=O) groups excluding carboxylic acids is 1. The van der Waals surface area contributed by atoms with E-state index in [1.54, 1.807) is 18.3 Å². The van der Waals surface area contributed by atoms with E-state index in [0.717, 1.165) is 18.9 Å². The molecular formula is C19H22ClN3O3. The number of benzene rings is 1. The first-order valence-corrected chi connectivity index (χ1v) is 8.97. The highest BCUT2D eigenvalue weighted by atomic mass is 35.5. The molecule has 0 unspecified atom stereocenters. The Balaban J connectivity index is 1.71. The molecule has 1 fully saturated rings. The van der Waals surface area contributed by atoms with E-state index < -0.39 is 0 Å². The van der Waals surface area contributed by atoms with E-state index in [2.05, 4.69) is 9.88 Å². The van der Waals surface area contributed by atoms with Crippen LogP contribution in [0.4, 0.5) is 5.82 Å². The quantitative estimate of drug-likeness (QED) is 0.803. The minimum Gasteiger partial charge on any atom is -0.493 e. The van der Waals surface area contributed by atoms with Gasteiger partial charge in [-0.1, -0.05) is 17.7 Å². The highest BCUT2D eigenvalue weighted by Crippen LogP contribution is 2.36. The second kappa shape index (κ2) is 8.27. The molecule has 0 N–H and O–H groups in total. The lowest BCUT2D eigenvalue weighted by Crippen LogP contribution is -2.49. The number of ether oxygens (including phenoxy) is 2. The Morgan fingerprint density at radius 3 is 2.62 bits per heavy atom. The molecule has 138 valence electrons. The number of hydrogen-bond donors (Lipinski definition) is 0. The third-order valence-corrected chi connectivity index (χ3v) is 4.59. The number of rotatable bonds is 5. The summed E-state index contributed by atoms with van der Waals surface area (Å²) in [4.78, 5) is 21.2. The summed E-state index contributed by atoms with van der Waals surface area (Å²) in [5.41, 5.74) is 0.501. The summed E-state index contributed by atoms with van der Waals surface area (Å²) in [5.74, 6) is 1.81. The van der Waals surface area contributed by atoms with Gasteiger partial charge in [-0.15, -0.1) is 0 Å². The standard InChI is InChI=1S/C19H22ClN3O3/c1-3-26-18-15(20)12-14(13-16(18)25-2)19(24)23-10-8-22(9-11-23)17-6-4-5-7-21-17/h4-7,12-13H,3,8-11H2,1-2H3. The van der Waals surface area contributed by atoms with Gasteiger partial charge in [-0.25, -0.2) is 4.98 Å². The Labute approximate surface area is 158 Å². The van der Waals surface area contributed by atoms with Gasteiger partial charge in [0.15, 0.2) is 11.5 Å². The van der Waals surface area contributed by atoms with Gasteiger partial charge in [0.25, 0.3) is 5.91 Å². The van der Waals surface area contributed by atoms with Gasteiger partial charge in [0.1, 0.15) is 5.82 Å². The van der Waals surface area contributed by atoms with Crippen molar-refractivity contribution in [2.24, 2.45) is 0 Å². The van der Waals surface area contributed by atoms with Crippen LogP contribution in [0.3, 0.4) is 0 Å². The van der Waals surface area contributed by atoms with Gasteiger partial charge in [0, 0.05) is 37.9 Å². The Morgan fingerprint density at radius 1 is 1.23 bits per heavy atom. The minimum absolute atomic E-state index is 0.0612. The molecule has 0 aliphatic carbocycles. The van der Waals surface area contributed by atoms with Crippen LogP contribution in [0.1, 0.15) is 17.3 Å². The van der Waals surface area contributed by atoms with Crippen molar-refractivity contribution in [1.82, 2.24) is 9.88 Å². The molecule has 0 saturated carbocycles. The largest absolute Gasteiger partial charge is 0.493 e. The summed E-state index contributed by atoms with van der Waals surface area (Å²) in [6.45, 7) is 5.08. The summed E-state index contributed by atoms with van der Waals surface area (Å²) < 4.78 is 10.8. The molecule has 7 heteroatoms. The minimum atomic E-state index is -0.0612. The van der Waals surface area contributed by atoms with Crippen molar-refractivity contribution in [3.05, 3.63) is 47.1 Å². The zero-order chi connectivity index (χ0) is 18.5. The summed E-state index contributed by atoms with van der Waals surface area (Å²) in [6.07, 6.45) is 1.78. The van der Waals surface area contributed by atoms with E-state index in [0.29, 0.717) is 41.8 Å². The van der Waals surface area contributed by atoms with Crippen molar-refractivity contribution in [3.8, 4) is 11.5 Å². The lowest BCUT2D eigenvalue weighted by Gasteiger charge is -2.35. The zero-order valence-corrected chi connectivity index (χ0v) is 15.7. The van der Waals surface area contributed by atoms with Crippen molar-refractivity contribution in [1.29, 1.82) is 0 Å². The van der Waals surface area contributed by atoms with Crippen molar-refractivity contribution in [2.75, 3.05) is 44.8 Å². The van der Waals surface area contributed by atoms with Crippen LogP contribution in [-0.2, 0) is 0 Å². The van der Waals surface area contributed by atoms with E-state index in [-0.39, 0.29) is 5.91 Å². The van der Waals surface area contributed by atoms with Gasteiger partial charge in [-0.05, 0) is 31.2 Å². The Morgan fingerprint density at radius 2 is 2.00 bits per heavy atom. The highest BCUT2D eigenvalue weighted by molar-refractivity contribution is 6.32. The normalized spacial score (nSPS) is 14.3. The molecule has 0 radical (unpaired) electrons. The number of nitrogens with zero attached hydrogens (tertiary/aromatic N) is 3. The maximum absolute atomic E-state index is 12.9. The van der Waals surface area contributed by atoms with Crippen LogP contribution in [0.15, 0.2) is 36.5 Å². The zero-order valence-electron chi connectivity index (χ0n) is 14.9. The number of pyridine rings is 1. The third kappa shape index (κ3) is 3.85. The van der Waals surface area contributed by atoms with E-state index >= 15 is 0 Å². The van der Waals surface area contributed by atoms with Crippen LogP contribution in [0.2, 0.25) is 5.02 Å². The Hall–Kier alpha value is -2.47. The number of anilines is 1. The number of aromatic nitrogens is 1. The molecule has 1 aliphatic heterocycles. The molecule has 1 saturated heterocycles. The molecular weight excluding hydrogens is 354 g/mol. The van der Waals surface area contributed by atoms with Gasteiger partial charge < -0.3 is 19.3 Å². The van der Waals surface area contributed by atoms with E-state index in [1.165, 1.54) is 7.11 Å². The fourth-order valence-corrected chi connectivity index (χ4v) is 3.25. The van der Waals surface area contributed by atoms with Crippen molar-refractivity contribution < 1.29 is 14.3 Å². The highest BCUT2D eigenvalue weighted by Gasteiger charge is 2.24. The predicted molar refractivity (Wildman–Crippen MR) is 102 cm³/mol. The van der Waals surface area contributed by atoms with Gasteiger partial charge in [-0.2, -0.15) is 0 Å². The molecule has 1 amide bonds. The fourth-order valence-electron chi connectivity index (χ4n) is 2.99. The van der Waals surface area contributed by atoms with Crippen LogP contribution < -0.4 is 14.4 Å². The molecule has 2 aromatic rings. The van der Waals surface area contributed by atoms with Crippen LogP contribution in [0.25, 0.3) is 0 Å². The van der Waals surface area contributed by atoms with Crippen molar-refractivity contribution in [3.63, 3.8) is 0 Å². The summed E-state index contributed by atoms with van der Waals surface area (Å²) in [6, 6.07) is 9.17. The van der Waals surface area contributed by atoms with Crippen LogP contribution in [-0.4, -0.2) is 55.7 Å². The van der Waals surface area contributed by atoms with E-state index in [9.17, 15) is 4.79 Å². The van der Waals surface area contributed by atoms with Gasteiger partial charge in [-0.3, -0.25) is 4.79 Å². The molecule has 26 heavy (non-hydrogen) atoms. The van der Waals surface area contributed by atoms with Crippen molar-refractivity contribution >= 4 is 23.3 Å². The van der Waals surface area contributed by atoms with Crippen molar-refractivity contribution in [2.45, 2.75) is 6.92 Å². The molecule has 0 spiro atoms. The number of piperazine rings is 1. The third-order valence-electron chi connectivity index (χ3n) is 4.31. The monoisotopic (exact) mass is 375 g/mol. The number of carbonyl (C=O) groups is 1. The van der Waals surface area contributed by atoms with E-state index in [1.807, 2.05) is 30.0 Å². The number of amides is 1. The van der Waals surface area contributed by atoms with Gasteiger partial charge >= 0.3 is 0 Å². The molecule has 2 heterocycles. The molecule has 6 nitrogen and oxygen atoms in total. The Bertz CT molecular complexity index is 762. The molecule has 1 aromatic heterocycles. The average Bonchev–Trinajstić information content (AvgIpc) is 2.69. The first-order chi connectivity index (χ1) is 12.6. The number of hydrogen-bond acceptors (Lipinski definition) is 5. The second-order valence-corrected chi connectivity index (χ2v) is 6.30. The molecule has 1 aliphatic rings. The maximum atomic E-state index is 12.9. The lowest BCUT2D eigenvalue weighted by molar-refractivity contribution is 0.0746. The van der Waals surface area contributed by atoms with Crippen LogP contribution in [0.5, 0.6) is 11.5 Å². The maximum Gasteiger partial charge on any atom is 0.254 e. The van der Waals surface area contributed by atoms with Gasteiger partial charge in [0.2, 0.25) is 0 Å². The van der Waals surface area contributed by atoms with E-state index in [4.69, 9.17) is 21.1 Å².